The van der Waals surface area contributed by atoms with E-state index in [0.717, 1.165) is 21.3 Å². The number of benzene rings is 2. The minimum absolute atomic E-state index is 0.0604. The molecule has 2 aliphatic rings. The number of carbonyl (C=O) groups is 1. The molecule has 0 aromatic heterocycles. The molecule has 2 aromatic carbocycles. The molecule has 26 heavy (non-hydrogen) atoms. The van der Waals surface area contributed by atoms with Gasteiger partial charge in [0.1, 0.15) is 10.7 Å². The summed E-state index contributed by atoms with van der Waals surface area (Å²) in [6.45, 7) is 2.48. The molecule has 0 spiro atoms. The number of hydrogen-bond donors (Lipinski definition) is 0. The first kappa shape index (κ1) is 17.2. The van der Waals surface area contributed by atoms with Crippen molar-refractivity contribution in [3.05, 3.63) is 64.3 Å². The summed E-state index contributed by atoms with van der Waals surface area (Å²) in [5.74, 6) is -0.343. The number of carbonyl (C=O) groups excluding carboxylic acids is 1. The van der Waals surface area contributed by atoms with Crippen molar-refractivity contribution in [3.8, 4) is 0 Å². The van der Waals surface area contributed by atoms with Gasteiger partial charge in [0.25, 0.3) is 5.91 Å². The highest BCUT2D eigenvalue weighted by Crippen LogP contribution is 2.50. The number of halogens is 1. The number of amidine groups is 1. The van der Waals surface area contributed by atoms with Crippen LogP contribution in [0.2, 0.25) is 0 Å². The number of likely N-dealkylation sites (N-methyl/N-ethyl adjacent to an activating group) is 1. The average Bonchev–Trinajstić information content (AvgIpc) is 3.12. The molecule has 0 saturated carbocycles. The molecule has 1 saturated heterocycles. The van der Waals surface area contributed by atoms with E-state index >= 15 is 0 Å². The predicted octanol–water partition coefficient (Wildman–Crippen LogP) is 4.82. The molecule has 0 radical (unpaired) electrons. The average molecular weight is 385 g/mol. The van der Waals surface area contributed by atoms with Gasteiger partial charge in [0, 0.05) is 18.5 Å². The van der Waals surface area contributed by atoms with Gasteiger partial charge < -0.3 is 4.90 Å². The topological polar surface area (TPSA) is 35.9 Å². The van der Waals surface area contributed by atoms with Crippen molar-refractivity contribution in [2.24, 2.45) is 4.99 Å². The Balaban J connectivity index is 1.73. The van der Waals surface area contributed by atoms with E-state index in [2.05, 4.69) is 4.99 Å². The monoisotopic (exact) mass is 385 g/mol. The fraction of sp³-hybridized carbons (Fsp3) is 0.158. The highest BCUT2D eigenvalue weighted by Gasteiger charge is 2.38. The lowest BCUT2D eigenvalue weighted by Gasteiger charge is -2.15. The van der Waals surface area contributed by atoms with E-state index in [-0.39, 0.29) is 11.7 Å². The van der Waals surface area contributed by atoms with Crippen molar-refractivity contribution in [2.75, 3.05) is 18.5 Å². The van der Waals surface area contributed by atoms with Crippen molar-refractivity contribution in [3.63, 3.8) is 0 Å². The fourth-order valence-electron chi connectivity index (χ4n) is 2.83. The lowest BCUT2D eigenvalue weighted by molar-refractivity contribution is -0.122. The minimum atomic E-state index is -0.283. The number of para-hydroxylation sites is 1. The van der Waals surface area contributed by atoms with Crippen LogP contribution in [-0.4, -0.2) is 29.6 Å². The molecule has 1 fully saturated rings. The van der Waals surface area contributed by atoms with Crippen LogP contribution in [-0.2, 0) is 4.79 Å². The maximum Gasteiger partial charge on any atom is 0.269 e. The number of rotatable bonds is 2. The first-order valence-electron chi connectivity index (χ1n) is 8.17. The van der Waals surface area contributed by atoms with Crippen LogP contribution >= 0.6 is 23.5 Å². The molecule has 132 valence electrons. The van der Waals surface area contributed by atoms with Crippen LogP contribution in [0.1, 0.15) is 6.92 Å². The Morgan fingerprint density at radius 3 is 2.62 bits per heavy atom. The Bertz CT molecular complexity index is 943. The minimum Gasteiger partial charge on any atom is -0.337 e. The van der Waals surface area contributed by atoms with E-state index in [1.54, 1.807) is 11.0 Å². The summed E-state index contributed by atoms with van der Waals surface area (Å²) in [5, 5.41) is 1.49. The Morgan fingerprint density at radius 1 is 1.12 bits per heavy atom. The second-order valence-electron chi connectivity index (χ2n) is 5.79. The van der Waals surface area contributed by atoms with Gasteiger partial charge in [0.15, 0.2) is 5.17 Å². The SMILES string of the molecule is CCN1C(=O)C(=C2Sc3ccc(F)cc3N2C)SC1=Nc1ccccc1. The van der Waals surface area contributed by atoms with Crippen LogP contribution in [0.15, 0.2) is 68.4 Å². The van der Waals surface area contributed by atoms with Crippen molar-refractivity contribution in [1.29, 1.82) is 0 Å². The molecule has 4 rings (SSSR count). The van der Waals surface area contributed by atoms with Gasteiger partial charge in [-0.2, -0.15) is 0 Å². The van der Waals surface area contributed by atoms with E-state index in [1.807, 2.05) is 49.2 Å². The highest BCUT2D eigenvalue weighted by molar-refractivity contribution is 8.19. The van der Waals surface area contributed by atoms with Crippen LogP contribution in [0, 0.1) is 5.82 Å². The Labute approximate surface area is 159 Å². The Hall–Kier alpha value is -2.25. The number of hydrogen-bond acceptors (Lipinski definition) is 5. The van der Waals surface area contributed by atoms with Gasteiger partial charge >= 0.3 is 0 Å². The molecule has 2 aliphatic heterocycles. The van der Waals surface area contributed by atoms with Gasteiger partial charge in [-0.3, -0.25) is 9.69 Å². The molecule has 2 aromatic rings. The van der Waals surface area contributed by atoms with Crippen LogP contribution in [0.4, 0.5) is 15.8 Å². The van der Waals surface area contributed by atoms with Crippen LogP contribution in [0.25, 0.3) is 0 Å². The predicted molar refractivity (Wildman–Crippen MR) is 106 cm³/mol. The zero-order valence-electron chi connectivity index (χ0n) is 14.3. The quantitative estimate of drug-likeness (QED) is 0.695. The molecule has 0 aliphatic carbocycles. The lowest BCUT2D eigenvalue weighted by Crippen LogP contribution is -2.29. The number of amides is 1. The summed E-state index contributed by atoms with van der Waals surface area (Å²) >= 11 is 2.86. The van der Waals surface area contributed by atoms with Crippen molar-refractivity contribution >= 4 is 46.0 Å². The highest BCUT2D eigenvalue weighted by atomic mass is 32.2. The molecule has 0 bridgehead atoms. The molecule has 0 atom stereocenters. The summed E-state index contributed by atoms with van der Waals surface area (Å²) in [7, 11) is 1.86. The van der Waals surface area contributed by atoms with Crippen LogP contribution < -0.4 is 4.90 Å². The molecular weight excluding hydrogens is 369 g/mol. The van der Waals surface area contributed by atoms with Gasteiger partial charge in [0.05, 0.1) is 16.4 Å². The third-order valence-corrected chi connectivity index (χ3v) is 6.58. The molecule has 7 heteroatoms. The zero-order chi connectivity index (χ0) is 18.3. The van der Waals surface area contributed by atoms with Crippen LogP contribution in [0.3, 0.4) is 0 Å². The number of fused-ring (bicyclic) bond motifs is 1. The third kappa shape index (κ3) is 2.91. The van der Waals surface area contributed by atoms with Gasteiger partial charge in [-0.05, 0) is 49.0 Å². The summed E-state index contributed by atoms with van der Waals surface area (Å²) in [6.07, 6.45) is 0. The summed E-state index contributed by atoms with van der Waals surface area (Å²) in [4.78, 5) is 22.7. The van der Waals surface area contributed by atoms with E-state index in [0.29, 0.717) is 16.6 Å². The molecule has 0 unspecified atom stereocenters. The molecule has 1 amide bonds. The largest absolute Gasteiger partial charge is 0.337 e. The zero-order valence-corrected chi connectivity index (χ0v) is 15.9. The third-order valence-electron chi connectivity index (χ3n) is 4.15. The van der Waals surface area contributed by atoms with E-state index in [1.165, 1.54) is 35.7 Å². The molecular formula is C19H16FN3OS2. The van der Waals surface area contributed by atoms with Gasteiger partial charge in [-0.15, -0.1) is 0 Å². The molecule has 2 heterocycles. The van der Waals surface area contributed by atoms with Crippen LogP contribution in [0.5, 0.6) is 0 Å². The van der Waals surface area contributed by atoms with Gasteiger partial charge in [0.2, 0.25) is 0 Å². The Kier molecular flexibility index (Phi) is 4.50. The number of aliphatic imine (C=N–C) groups is 1. The van der Waals surface area contributed by atoms with Gasteiger partial charge in [-0.25, -0.2) is 9.38 Å². The first-order chi connectivity index (χ1) is 12.6. The summed E-state index contributed by atoms with van der Waals surface area (Å²) in [5.41, 5.74) is 1.59. The lowest BCUT2D eigenvalue weighted by atomic mass is 10.3. The number of anilines is 1. The smallest absolute Gasteiger partial charge is 0.269 e. The summed E-state index contributed by atoms with van der Waals surface area (Å²) in [6, 6.07) is 14.3. The first-order valence-corrected chi connectivity index (χ1v) is 9.80. The van der Waals surface area contributed by atoms with E-state index < -0.39 is 0 Å². The van der Waals surface area contributed by atoms with Crippen molar-refractivity contribution in [2.45, 2.75) is 11.8 Å². The second-order valence-corrected chi connectivity index (χ2v) is 7.80. The maximum atomic E-state index is 13.6. The standard InChI is InChI=1S/C19H16FN3OS2/c1-3-23-17(24)16(26-19(23)21-13-7-5-4-6-8-13)18-22(2)14-11-12(20)9-10-15(14)25-18/h4-11H,3H2,1-2H3. The summed E-state index contributed by atoms with van der Waals surface area (Å²) < 4.78 is 13.6. The van der Waals surface area contributed by atoms with E-state index in [4.69, 9.17) is 0 Å². The van der Waals surface area contributed by atoms with Crippen molar-refractivity contribution < 1.29 is 9.18 Å². The normalized spacial score (nSPS) is 21.0. The Morgan fingerprint density at radius 2 is 1.88 bits per heavy atom. The second kappa shape index (κ2) is 6.81. The van der Waals surface area contributed by atoms with Gasteiger partial charge in [-0.1, -0.05) is 30.0 Å². The number of nitrogens with zero attached hydrogens (tertiary/aromatic N) is 3. The number of thioether (sulfide) groups is 2. The maximum absolute atomic E-state index is 13.6. The fourth-order valence-corrected chi connectivity index (χ4v) is 5.22. The molecule has 4 nitrogen and oxygen atoms in total. The van der Waals surface area contributed by atoms with E-state index in [9.17, 15) is 9.18 Å². The molecule has 0 N–H and O–H groups in total. The van der Waals surface area contributed by atoms with Crippen molar-refractivity contribution in [1.82, 2.24) is 4.90 Å².